The Hall–Kier alpha value is -0.860. The Morgan fingerprint density at radius 2 is 1.94 bits per heavy atom. The van der Waals surface area contributed by atoms with Crippen LogP contribution in [-0.2, 0) is 4.74 Å². The first-order chi connectivity index (χ1) is 7.96. The van der Waals surface area contributed by atoms with Gasteiger partial charge < -0.3 is 10.1 Å². The maximum absolute atomic E-state index is 5.41. The molecule has 0 saturated heterocycles. The SMILES string of the molecule is COC(C)(C)CCNC(C)c1ccccc1C. The van der Waals surface area contributed by atoms with E-state index in [9.17, 15) is 0 Å². The fourth-order valence-corrected chi connectivity index (χ4v) is 1.87. The van der Waals surface area contributed by atoms with Gasteiger partial charge in [-0.3, -0.25) is 0 Å². The molecule has 0 amide bonds. The zero-order valence-corrected chi connectivity index (χ0v) is 11.7. The van der Waals surface area contributed by atoms with Crippen molar-refractivity contribution in [3.8, 4) is 0 Å². The Kier molecular flexibility index (Phi) is 5.16. The minimum absolute atomic E-state index is 0.0432. The first kappa shape index (κ1) is 14.2. The van der Waals surface area contributed by atoms with Crippen molar-refractivity contribution in [3.05, 3.63) is 35.4 Å². The zero-order chi connectivity index (χ0) is 12.9. The van der Waals surface area contributed by atoms with Crippen molar-refractivity contribution in [2.45, 2.75) is 45.8 Å². The van der Waals surface area contributed by atoms with Crippen LogP contribution >= 0.6 is 0 Å². The molecule has 96 valence electrons. The van der Waals surface area contributed by atoms with Gasteiger partial charge in [-0.2, -0.15) is 0 Å². The monoisotopic (exact) mass is 235 g/mol. The van der Waals surface area contributed by atoms with Crippen molar-refractivity contribution < 1.29 is 4.74 Å². The molecule has 0 heterocycles. The lowest BCUT2D eigenvalue weighted by Gasteiger charge is -2.24. The number of benzene rings is 1. The van der Waals surface area contributed by atoms with Gasteiger partial charge in [0.15, 0.2) is 0 Å². The van der Waals surface area contributed by atoms with Gasteiger partial charge in [-0.15, -0.1) is 0 Å². The summed E-state index contributed by atoms with van der Waals surface area (Å²) in [5, 5.41) is 3.55. The van der Waals surface area contributed by atoms with Gasteiger partial charge in [-0.25, -0.2) is 0 Å². The van der Waals surface area contributed by atoms with E-state index in [1.165, 1.54) is 11.1 Å². The van der Waals surface area contributed by atoms with Gasteiger partial charge in [0.25, 0.3) is 0 Å². The van der Waals surface area contributed by atoms with Gasteiger partial charge in [0.1, 0.15) is 0 Å². The Morgan fingerprint density at radius 3 is 2.53 bits per heavy atom. The molecule has 2 nitrogen and oxygen atoms in total. The lowest BCUT2D eigenvalue weighted by Crippen LogP contribution is -2.30. The lowest BCUT2D eigenvalue weighted by molar-refractivity contribution is 0.0154. The summed E-state index contributed by atoms with van der Waals surface area (Å²) in [6.45, 7) is 9.57. The van der Waals surface area contributed by atoms with Crippen molar-refractivity contribution in [2.24, 2.45) is 0 Å². The standard InChI is InChI=1S/C15H25NO/c1-12-8-6-7-9-14(12)13(2)16-11-10-15(3,4)17-5/h6-9,13,16H,10-11H2,1-5H3. The van der Waals surface area contributed by atoms with Crippen molar-refractivity contribution in [2.75, 3.05) is 13.7 Å². The predicted octanol–water partition coefficient (Wildman–Crippen LogP) is 3.46. The van der Waals surface area contributed by atoms with Crippen LogP contribution in [0.1, 0.15) is 44.4 Å². The normalized spacial score (nSPS) is 13.7. The lowest BCUT2D eigenvalue weighted by atomic mass is 10.0. The van der Waals surface area contributed by atoms with E-state index < -0.39 is 0 Å². The fourth-order valence-electron chi connectivity index (χ4n) is 1.87. The van der Waals surface area contributed by atoms with Gasteiger partial charge in [0.2, 0.25) is 0 Å². The molecule has 0 aliphatic carbocycles. The number of hydrogen-bond acceptors (Lipinski definition) is 2. The fraction of sp³-hybridized carbons (Fsp3) is 0.600. The second kappa shape index (κ2) is 6.18. The van der Waals surface area contributed by atoms with E-state index in [0.29, 0.717) is 6.04 Å². The van der Waals surface area contributed by atoms with Crippen LogP contribution in [0.5, 0.6) is 0 Å². The van der Waals surface area contributed by atoms with Crippen molar-refractivity contribution in [3.63, 3.8) is 0 Å². The van der Waals surface area contributed by atoms with Gasteiger partial charge in [-0.05, 0) is 51.8 Å². The molecule has 0 aliphatic rings. The van der Waals surface area contributed by atoms with Crippen LogP contribution in [0.25, 0.3) is 0 Å². The molecule has 0 saturated carbocycles. The van der Waals surface area contributed by atoms with Crippen LogP contribution in [0.15, 0.2) is 24.3 Å². The summed E-state index contributed by atoms with van der Waals surface area (Å²) in [7, 11) is 1.77. The molecule has 1 unspecified atom stereocenters. The zero-order valence-electron chi connectivity index (χ0n) is 11.7. The van der Waals surface area contributed by atoms with Crippen molar-refractivity contribution >= 4 is 0 Å². The first-order valence-electron chi connectivity index (χ1n) is 6.30. The van der Waals surface area contributed by atoms with E-state index in [4.69, 9.17) is 4.74 Å². The molecule has 1 N–H and O–H groups in total. The van der Waals surface area contributed by atoms with Crippen LogP contribution in [0.2, 0.25) is 0 Å². The molecular weight excluding hydrogens is 210 g/mol. The number of aryl methyl sites for hydroxylation is 1. The minimum atomic E-state index is -0.0432. The molecule has 0 aromatic heterocycles. The van der Waals surface area contributed by atoms with Gasteiger partial charge in [0, 0.05) is 13.2 Å². The highest BCUT2D eigenvalue weighted by Gasteiger charge is 2.16. The number of methoxy groups -OCH3 is 1. The maximum atomic E-state index is 5.41. The van der Waals surface area contributed by atoms with E-state index in [1.54, 1.807) is 7.11 Å². The number of hydrogen-bond donors (Lipinski definition) is 1. The maximum Gasteiger partial charge on any atom is 0.0634 e. The molecule has 1 rings (SSSR count). The molecule has 0 spiro atoms. The molecule has 2 heteroatoms. The van der Waals surface area contributed by atoms with E-state index >= 15 is 0 Å². The molecule has 17 heavy (non-hydrogen) atoms. The first-order valence-corrected chi connectivity index (χ1v) is 6.30. The largest absolute Gasteiger partial charge is 0.379 e. The Labute approximate surface area is 105 Å². The van der Waals surface area contributed by atoms with Crippen LogP contribution in [0.4, 0.5) is 0 Å². The highest BCUT2D eigenvalue weighted by atomic mass is 16.5. The molecular formula is C15H25NO. The molecule has 1 aromatic carbocycles. The average Bonchev–Trinajstić information content (AvgIpc) is 2.29. The summed E-state index contributed by atoms with van der Waals surface area (Å²) in [5.41, 5.74) is 2.68. The highest BCUT2D eigenvalue weighted by molar-refractivity contribution is 5.28. The Bertz CT molecular complexity index is 347. The molecule has 0 bridgehead atoms. The quantitative estimate of drug-likeness (QED) is 0.815. The molecule has 1 atom stereocenters. The summed E-state index contributed by atoms with van der Waals surface area (Å²) in [5.74, 6) is 0. The summed E-state index contributed by atoms with van der Waals surface area (Å²) in [4.78, 5) is 0. The van der Waals surface area contributed by atoms with Crippen LogP contribution in [0.3, 0.4) is 0 Å². The highest BCUT2D eigenvalue weighted by Crippen LogP contribution is 2.17. The summed E-state index contributed by atoms with van der Waals surface area (Å²) >= 11 is 0. The van der Waals surface area contributed by atoms with E-state index in [2.05, 4.69) is 57.3 Å². The second-order valence-electron chi connectivity index (χ2n) is 5.25. The molecule has 0 radical (unpaired) electrons. The third kappa shape index (κ3) is 4.49. The van der Waals surface area contributed by atoms with Crippen LogP contribution in [-0.4, -0.2) is 19.3 Å². The Morgan fingerprint density at radius 1 is 1.29 bits per heavy atom. The number of ether oxygens (including phenoxy) is 1. The second-order valence-corrected chi connectivity index (χ2v) is 5.25. The average molecular weight is 235 g/mol. The van der Waals surface area contributed by atoms with E-state index in [1.807, 2.05) is 0 Å². The predicted molar refractivity (Wildman–Crippen MR) is 73.3 cm³/mol. The molecule has 0 fully saturated rings. The molecule has 1 aromatic rings. The van der Waals surface area contributed by atoms with Crippen molar-refractivity contribution in [1.82, 2.24) is 5.32 Å². The summed E-state index contributed by atoms with van der Waals surface area (Å²) in [6, 6.07) is 8.92. The van der Waals surface area contributed by atoms with Gasteiger partial charge >= 0.3 is 0 Å². The third-order valence-electron chi connectivity index (χ3n) is 3.39. The number of rotatable bonds is 6. The smallest absolute Gasteiger partial charge is 0.0634 e. The van der Waals surface area contributed by atoms with Gasteiger partial charge in [-0.1, -0.05) is 24.3 Å². The number of nitrogens with one attached hydrogen (secondary N) is 1. The van der Waals surface area contributed by atoms with E-state index in [0.717, 1.165) is 13.0 Å². The van der Waals surface area contributed by atoms with Crippen molar-refractivity contribution in [1.29, 1.82) is 0 Å². The van der Waals surface area contributed by atoms with Crippen LogP contribution in [0, 0.1) is 6.92 Å². The van der Waals surface area contributed by atoms with Crippen LogP contribution < -0.4 is 5.32 Å². The molecule has 0 aliphatic heterocycles. The topological polar surface area (TPSA) is 21.3 Å². The summed E-state index contributed by atoms with van der Waals surface area (Å²) in [6.07, 6.45) is 1.01. The van der Waals surface area contributed by atoms with E-state index in [-0.39, 0.29) is 5.60 Å². The third-order valence-corrected chi connectivity index (χ3v) is 3.39. The Balaban J connectivity index is 2.46. The summed E-state index contributed by atoms with van der Waals surface area (Å²) < 4.78 is 5.41. The minimum Gasteiger partial charge on any atom is -0.379 e. The van der Waals surface area contributed by atoms with Gasteiger partial charge in [0.05, 0.1) is 5.60 Å².